The van der Waals surface area contributed by atoms with E-state index in [2.05, 4.69) is 5.32 Å². The molecule has 3 atom stereocenters. The smallest absolute Gasteiger partial charge is 0.331 e. The van der Waals surface area contributed by atoms with Gasteiger partial charge < -0.3 is 15.8 Å². The lowest BCUT2D eigenvalue weighted by molar-refractivity contribution is -0.151. The summed E-state index contributed by atoms with van der Waals surface area (Å²) < 4.78 is 4.74. The second-order valence-electron chi connectivity index (χ2n) is 5.20. The van der Waals surface area contributed by atoms with Gasteiger partial charge in [-0.1, -0.05) is 13.3 Å². The van der Waals surface area contributed by atoms with Crippen molar-refractivity contribution < 1.29 is 14.3 Å². The van der Waals surface area contributed by atoms with Crippen LogP contribution in [0, 0.1) is 11.8 Å². The molecule has 0 aromatic carbocycles. The number of methoxy groups -OCH3 is 1. The van der Waals surface area contributed by atoms with Gasteiger partial charge in [-0.2, -0.15) is 0 Å². The zero-order chi connectivity index (χ0) is 13.8. The van der Waals surface area contributed by atoms with Gasteiger partial charge in [-0.15, -0.1) is 12.4 Å². The fourth-order valence-corrected chi connectivity index (χ4v) is 2.54. The highest BCUT2D eigenvalue weighted by atomic mass is 35.5. The molecule has 0 aliphatic heterocycles. The molecule has 1 aliphatic rings. The van der Waals surface area contributed by atoms with Gasteiger partial charge in [0.2, 0.25) is 5.91 Å². The van der Waals surface area contributed by atoms with Gasteiger partial charge in [-0.3, -0.25) is 4.79 Å². The molecule has 1 saturated carbocycles. The quantitative estimate of drug-likeness (QED) is 0.747. The number of nitrogens with two attached hydrogens (primary N) is 1. The predicted molar refractivity (Wildman–Crippen MR) is 76.0 cm³/mol. The molecule has 0 saturated heterocycles. The van der Waals surface area contributed by atoms with Crippen molar-refractivity contribution in [2.45, 2.75) is 45.1 Å². The molecule has 3 N–H and O–H groups in total. The topological polar surface area (TPSA) is 81.4 Å². The molecule has 1 rings (SSSR count). The summed E-state index contributed by atoms with van der Waals surface area (Å²) in [5, 5.41) is 2.83. The van der Waals surface area contributed by atoms with Gasteiger partial charge in [0, 0.05) is 5.92 Å². The van der Waals surface area contributed by atoms with E-state index in [1.165, 1.54) is 7.11 Å². The minimum absolute atomic E-state index is 0. The first-order valence-corrected chi connectivity index (χ1v) is 6.59. The molecule has 1 amide bonds. The molecule has 0 aromatic heterocycles. The minimum atomic E-state index is -0.937. The van der Waals surface area contributed by atoms with Crippen molar-refractivity contribution in [2.75, 3.05) is 13.7 Å². The van der Waals surface area contributed by atoms with Crippen molar-refractivity contribution in [3.05, 3.63) is 0 Å². The lowest BCUT2D eigenvalue weighted by atomic mass is 9.92. The first-order valence-electron chi connectivity index (χ1n) is 6.59. The Kier molecular flexibility index (Phi) is 7.37. The third kappa shape index (κ3) is 4.08. The summed E-state index contributed by atoms with van der Waals surface area (Å²) in [7, 11) is 1.33. The Morgan fingerprint density at radius 2 is 2.05 bits per heavy atom. The Labute approximate surface area is 121 Å². The molecular formula is C13H25ClN2O3. The number of hydrogen-bond donors (Lipinski definition) is 2. The van der Waals surface area contributed by atoms with Crippen LogP contribution >= 0.6 is 12.4 Å². The average molecular weight is 293 g/mol. The highest BCUT2D eigenvalue weighted by molar-refractivity contribution is 5.88. The monoisotopic (exact) mass is 292 g/mol. The first-order chi connectivity index (χ1) is 8.48. The summed E-state index contributed by atoms with van der Waals surface area (Å²) in [6.07, 6.45) is 3.39. The molecule has 5 nitrogen and oxygen atoms in total. The van der Waals surface area contributed by atoms with Crippen LogP contribution < -0.4 is 11.1 Å². The zero-order valence-electron chi connectivity index (χ0n) is 11.9. The third-order valence-corrected chi connectivity index (χ3v) is 4.04. The van der Waals surface area contributed by atoms with Crippen LogP contribution in [-0.2, 0) is 14.3 Å². The molecule has 19 heavy (non-hydrogen) atoms. The maximum absolute atomic E-state index is 12.2. The molecule has 0 heterocycles. The van der Waals surface area contributed by atoms with Crippen LogP contribution in [0.1, 0.15) is 39.5 Å². The van der Waals surface area contributed by atoms with Gasteiger partial charge in [0.25, 0.3) is 0 Å². The van der Waals surface area contributed by atoms with Crippen molar-refractivity contribution in [3.63, 3.8) is 0 Å². The van der Waals surface area contributed by atoms with Crippen LogP contribution in [0.25, 0.3) is 0 Å². The van der Waals surface area contributed by atoms with Gasteiger partial charge in [0.05, 0.1) is 7.11 Å². The fraction of sp³-hybridized carbons (Fsp3) is 0.846. The van der Waals surface area contributed by atoms with E-state index in [0.29, 0.717) is 13.0 Å². The lowest BCUT2D eigenvalue weighted by Gasteiger charge is -2.29. The maximum Gasteiger partial charge on any atom is 0.331 e. The molecule has 0 radical (unpaired) electrons. The summed E-state index contributed by atoms with van der Waals surface area (Å²) in [6.45, 7) is 4.08. The van der Waals surface area contributed by atoms with Gasteiger partial charge in [0.1, 0.15) is 5.54 Å². The largest absolute Gasteiger partial charge is 0.467 e. The van der Waals surface area contributed by atoms with Crippen LogP contribution in [0.5, 0.6) is 0 Å². The highest BCUT2D eigenvalue weighted by Crippen LogP contribution is 2.31. The fourth-order valence-electron chi connectivity index (χ4n) is 2.54. The molecule has 1 fully saturated rings. The number of nitrogens with one attached hydrogen (secondary N) is 1. The van der Waals surface area contributed by atoms with E-state index in [0.717, 1.165) is 19.3 Å². The Morgan fingerprint density at radius 1 is 1.42 bits per heavy atom. The van der Waals surface area contributed by atoms with Crippen LogP contribution in [0.4, 0.5) is 0 Å². The number of halogens is 1. The van der Waals surface area contributed by atoms with Gasteiger partial charge in [0.15, 0.2) is 0 Å². The van der Waals surface area contributed by atoms with Crippen molar-refractivity contribution in [2.24, 2.45) is 17.6 Å². The van der Waals surface area contributed by atoms with Gasteiger partial charge in [-0.25, -0.2) is 4.79 Å². The van der Waals surface area contributed by atoms with Crippen molar-refractivity contribution in [3.8, 4) is 0 Å². The molecule has 0 bridgehead atoms. The minimum Gasteiger partial charge on any atom is -0.467 e. The Morgan fingerprint density at radius 3 is 2.53 bits per heavy atom. The number of carbonyl (C=O) groups is 2. The van der Waals surface area contributed by atoms with Crippen molar-refractivity contribution >= 4 is 24.3 Å². The SMILES string of the molecule is CCC(C)(NC(=O)[C@@H]1CCC[C@@H]1CN)C(=O)OC.Cl. The summed E-state index contributed by atoms with van der Waals surface area (Å²) in [4.78, 5) is 23.9. The predicted octanol–water partition coefficient (Wildman–Crippen LogP) is 1.24. The van der Waals surface area contributed by atoms with E-state index < -0.39 is 11.5 Å². The van der Waals surface area contributed by atoms with Crippen molar-refractivity contribution in [1.82, 2.24) is 5.32 Å². The van der Waals surface area contributed by atoms with E-state index in [1.54, 1.807) is 6.92 Å². The van der Waals surface area contributed by atoms with E-state index >= 15 is 0 Å². The second kappa shape index (κ2) is 7.70. The number of amides is 1. The highest BCUT2D eigenvalue weighted by Gasteiger charge is 2.39. The molecule has 6 heteroatoms. The number of carbonyl (C=O) groups excluding carboxylic acids is 2. The van der Waals surface area contributed by atoms with Crippen molar-refractivity contribution in [1.29, 1.82) is 0 Å². The van der Waals surface area contributed by atoms with E-state index in [9.17, 15) is 9.59 Å². The lowest BCUT2D eigenvalue weighted by Crippen LogP contribution is -2.54. The Hall–Kier alpha value is -0.810. The number of rotatable bonds is 5. The van der Waals surface area contributed by atoms with Crippen LogP contribution in [-0.4, -0.2) is 31.1 Å². The molecular weight excluding hydrogens is 268 g/mol. The van der Waals surface area contributed by atoms with E-state index in [1.807, 2.05) is 6.92 Å². The molecule has 112 valence electrons. The Bertz CT molecular complexity index is 325. The maximum atomic E-state index is 12.2. The standard InChI is InChI=1S/C13H24N2O3.ClH/c1-4-13(2,12(17)18-3)15-11(16)10-7-5-6-9(10)8-14;/h9-10H,4-8,14H2,1-3H3,(H,15,16);1H/t9-,10-,13?;/m1./s1. The first kappa shape index (κ1) is 18.2. The summed E-state index contributed by atoms with van der Waals surface area (Å²) in [5.74, 6) is -0.298. The van der Waals surface area contributed by atoms with E-state index in [-0.39, 0.29) is 30.2 Å². The van der Waals surface area contributed by atoms with E-state index in [4.69, 9.17) is 10.5 Å². The van der Waals surface area contributed by atoms with Gasteiger partial charge in [-0.05, 0) is 38.6 Å². The molecule has 0 spiro atoms. The summed E-state index contributed by atoms with van der Waals surface area (Å²) in [5.41, 5.74) is 4.74. The summed E-state index contributed by atoms with van der Waals surface area (Å²) >= 11 is 0. The normalized spacial score (nSPS) is 25.1. The van der Waals surface area contributed by atoms with Crippen LogP contribution in [0.15, 0.2) is 0 Å². The number of ether oxygens (including phenoxy) is 1. The zero-order valence-corrected chi connectivity index (χ0v) is 12.7. The average Bonchev–Trinajstić information content (AvgIpc) is 2.85. The molecule has 1 aliphatic carbocycles. The Balaban J connectivity index is 0.00000324. The molecule has 0 aromatic rings. The van der Waals surface area contributed by atoms with Gasteiger partial charge >= 0.3 is 5.97 Å². The number of esters is 1. The number of hydrogen-bond acceptors (Lipinski definition) is 4. The summed E-state index contributed by atoms with van der Waals surface area (Å²) in [6, 6.07) is 0. The molecule has 1 unspecified atom stereocenters. The third-order valence-electron chi connectivity index (χ3n) is 4.04. The van der Waals surface area contributed by atoms with Crippen LogP contribution in [0.3, 0.4) is 0 Å². The second-order valence-corrected chi connectivity index (χ2v) is 5.20. The van der Waals surface area contributed by atoms with Crippen LogP contribution in [0.2, 0.25) is 0 Å².